The van der Waals surface area contributed by atoms with Crippen LogP contribution in [0.15, 0.2) is 18.2 Å². The van der Waals surface area contributed by atoms with Gasteiger partial charge in [-0.1, -0.05) is 19.4 Å². The molecule has 6 nitrogen and oxygen atoms in total. The van der Waals surface area contributed by atoms with Gasteiger partial charge in [0.1, 0.15) is 11.5 Å². The van der Waals surface area contributed by atoms with Crippen molar-refractivity contribution >= 4 is 11.8 Å². The SMILES string of the molecule is CC12CCC3c4ccc(O)cc4CCC3C1[C@@H](CCCCNC(=O)NN)CC2=O. The molecule has 1 aromatic carbocycles. The lowest BCUT2D eigenvalue weighted by atomic mass is 9.54. The number of aromatic hydroxyl groups is 1. The van der Waals surface area contributed by atoms with E-state index in [2.05, 4.69) is 23.7 Å². The van der Waals surface area contributed by atoms with Crippen LogP contribution in [0.1, 0.15) is 68.9 Å². The molecule has 3 aliphatic rings. The molecular weight excluding hydrogens is 366 g/mol. The first-order valence-corrected chi connectivity index (χ1v) is 11.0. The number of aryl methyl sites for hydroxylation is 1. The molecule has 0 radical (unpaired) electrons. The molecule has 5 N–H and O–H groups in total. The molecule has 4 rings (SSSR count). The predicted octanol–water partition coefficient (Wildman–Crippen LogP) is 3.39. The van der Waals surface area contributed by atoms with Crippen molar-refractivity contribution in [3.05, 3.63) is 29.3 Å². The third-order valence-corrected chi connectivity index (χ3v) is 7.97. The van der Waals surface area contributed by atoms with Crippen LogP contribution in [0.5, 0.6) is 5.75 Å². The van der Waals surface area contributed by atoms with E-state index in [4.69, 9.17) is 5.84 Å². The summed E-state index contributed by atoms with van der Waals surface area (Å²) >= 11 is 0. The van der Waals surface area contributed by atoms with Crippen molar-refractivity contribution in [1.82, 2.24) is 10.7 Å². The van der Waals surface area contributed by atoms with Crippen LogP contribution in [0.25, 0.3) is 0 Å². The Bertz CT molecular complexity index is 796. The average Bonchev–Trinajstić information content (AvgIpc) is 2.97. The van der Waals surface area contributed by atoms with Crippen molar-refractivity contribution in [3.63, 3.8) is 0 Å². The second kappa shape index (κ2) is 7.98. The van der Waals surface area contributed by atoms with E-state index in [1.807, 2.05) is 12.1 Å². The quantitative estimate of drug-likeness (QED) is 0.264. The van der Waals surface area contributed by atoms with Gasteiger partial charge in [-0.2, -0.15) is 0 Å². The summed E-state index contributed by atoms with van der Waals surface area (Å²) in [6.45, 7) is 2.82. The van der Waals surface area contributed by atoms with Gasteiger partial charge in [0.2, 0.25) is 0 Å². The summed E-state index contributed by atoms with van der Waals surface area (Å²) in [6.07, 6.45) is 7.83. The van der Waals surface area contributed by atoms with E-state index in [-0.39, 0.29) is 11.4 Å². The largest absolute Gasteiger partial charge is 0.508 e. The first kappa shape index (κ1) is 20.2. The third-order valence-electron chi connectivity index (χ3n) is 7.97. The zero-order valence-electron chi connectivity index (χ0n) is 17.2. The van der Waals surface area contributed by atoms with Crippen molar-refractivity contribution in [3.8, 4) is 5.75 Å². The Morgan fingerprint density at radius 3 is 2.93 bits per heavy atom. The summed E-state index contributed by atoms with van der Waals surface area (Å²) in [6, 6.07) is 5.51. The number of fused-ring (bicyclic) bond motifs is 5. The molecule has 0 saturated heterocycles. The number of nitrogens with one attached hydrogen (secondary N) is 2. The predicted molar refractivity (Wildman–Crippen MR) is 111 cm³/mol. The van der Waals surface area contributed by atoms with Crippen molar-refractivity contribution in [2.45, 2.75) is 64.2 Å². The van der Waals surface area contributed by atoms with Gasteiger partial charge in [-0.3, -0.25) is 10.2 Å². The summed E-state index contributed by atoms with van der Waals surface area (Å²) in [7, 11) is 0. The zero-order valence-corrected chi connectivity index (χ0v) is 17.2. The number of Topliss-reactive ketones (excluding diaryl/α,β-unsaturated/α-hetero) is 1. The first-order chi connectivity index (χ1) is 13.9. The lowest BCUT2D eigenvalue weighted by molar-refractivity contribution is -0.129. The molecular formula is C23H33N3O3. The highest BCUT2D eigenvalue weighted by molar-refractivity contribution is 5.87. The van der Waals surface area contributed by atoms with Gasteiger partial charge in [-0.15, -0.1) is 0 Å². The Labute approximate surface area is 172 Å². The maximum Gasteiger partial charge on any atom is 0.328 e. The molecule has 2 fully saturated rings. The number of benzene rings is 1. The fourth-order valence-electron chi connectivity index (χ4n) is 6.68. The smallest absolute Gasteiger partial charge is 0.328 e. The molecule has 1 aromatic rings. The molecule has 5 atom stereocenters. The zero-order chi connectivity index (χ0) is 20.6. The fourth-order valence-corrected chi connectivity index (χ4v) is 6.68. The number of ketones is 1. The second-order valence-corrected chi connectivity index (χ2v) is 9.46. The van der Waals surface area contributed by atoms with Gasteiger partial charge in [0.15, 0.2) is 0 Å². The topological polar surface area (TPSA) is 104 Å². The normalized spacial score (nSPS) is 32.8. The van der Waals surface area contributed by atoms with Gasteiger partial charge in [0.05, 0.1) is 0 Å². The van der Waals surface area contributed by atoms with E-state index in [1.165, 1.54) is 11.1 Å². The van der Waals surface area contributed by atoms with Gasteiger partial charge in [0.25, 0.3) is 0 Å². The van der Waals surface area contributed by atoms with Crippen LogP contribution in [0, 0.1) is 23.2 Å². The molecule has 2 saturated carbocycles. The number of rotatable bonds is 5. The Morgan fingerprint density at radius 1 is 1.31 bits per heavy atom. The Morgan fingerprint density at radius 2 is 2.14 bits per heavy atom. The van der Waals surface area contributed by atoms with Gasteiger partial charge in [0, 0.05) is 18.4 Å². The molecule has 29 heavy (non-hydrogen) atoms. The number of hydrogen-bond donors (Lipinski definition) is 4. The summed E-state index contributed by atoms with van der Waals surface area (Å²) in [5.74, 6) is 7.87. The standard InChI is InChI=1S/C23H33N3O3/c1-23-10-9-18-17-8-6-16(27)12-14(17)5-7-19(18)21(23)15(13-20(23)28)4-2-3-11-25-22(29)26-24/h6,8,12,15,18-19,21,27H,2-5,7,9-11,13,24H2,1H3,(H2,25,26,29)/t15-,18?,19?,21?,23?/m0/s1. The molecule has 0 spiro atoms. The number of unbranched alkanes of at least 4 members (excludes halogenated alkanes) is 1. The first-order valence-electron chi connectivity index (χ1n) is 11.0. The van der Waals surface area contributed by atoms with Crippen molar-refractivity contribution in [2.24, 2.45) is 29.0 Å². The summed E-state index contributed by atoms with van der Waals surface area (Å²) in [4.78, 5) is 24.2. The highest BCUT2D eigenvalue weighted by Gasteiger charge is 2.58. The van der Waals surface area contributed by atoms with Crippen molar-refractivity contribution in [2.75, 3.05) is 6.54 Å². The number of urea groups is 1. The minimum atomic E-state index is -0.351. The molecule has 0 aromatic heterocycles. The molecule has 2 amide bonds. The van der Waals surface area contributed by atoms with Gasteiger partial charge >= 0.3 is 6.03 Å². The fraction of sp³-hybridized carbons (Fsp3) is 0.652. The Balaban J connectivity index is 1.46. The summed E-state index contributed by atoms with van der Waals surface area (Å²) in [5, 5.41) is 12.6. The number of carbonyl (C=O) groups is 2. The van der Waals surface area contributed by atoms with E-state index in [0.717, 1.165) is 44.9 Å². The van der Waals surface area contributed by atoms with E-state index in [1.54, 1.807) is 0 Å². The van der Waals surface area contributed by atoms with Crippen molar-refractivity contribution in [1.29, 1.82) is 0 Å². The van der Waals surface area contributed by atoms with Gasteiger partial charge in [-0.05, 0) is 85.5 Å². The third kappa shape index (κ3) is 3.63. The molecule has 0 bridgehead atoms. The Hall–Kier alpha value is -2.08. The van der Waals surface area contributed by atoms with Gasteiger partial charge < -0.3 is 10.4 Å². The van der Waals surface area contributed by atoms with Crippen LogP contribution in [0.2, 0.25) is 0 Å². The molecule has 4 unspecified atom stereocenters. The number of hydrazine groups is 1. The lowest BCUT2D eigenvalue weighted by Crippen LogP contribution is -2.44. The van der Waals surface area contributed by atoms with Crippen LogP contribution in [-0.2, 0) is 11.2 Å². The van der Waals surface area contributed by atoms with Crippen LogP contribution in [0.3, 0.4) is 0 Å². The molecule has 3 aliphatic carbocycles. The summed E-state index contributed by atoms with van der Waals surface area (Å²) < 4.78 is 0. The van der Waals surface area contributed by atoms with Crippen LogP contribution >= 0.6 is 0 Å². The van der Waals surface area contributed by atoms with Crippen LogP contribution < -0.4 is 16.6 Å². The number of phenolic OH excluding ortho intramolecular Hbond substituents is 1. The maximum absolute atomic E-state index is 13.0. The van der Waals surface area contributed by atoms with E-state index in [0.29, 0.717) is 48.2 Å². The number of phenols is 1. The molecule has 0 heterocycles. The number of hydrogen-bond acceptors (Lipinski definition) is 4. The van der Waals surface area contributed by atoms with E-state index < -0.39 is 0 Å². The van der Waals surface area contributed by atoms with Crippen LogP contribution in [-0.4, -0.2) is 23.5 Å². The minimum absolute atomic E-state index is 0.169. The Kier molecular flexibility index (Phi) is 5.56. The monoisotopic (exact) mass is 399 g/mol. The highest BCUT2D eigenvalue weighted by atomic mass is 16.3. The maximum atomic E-state index is 13.0. The molecule has 6 heteroatoms. The van der Waals surface area contributed by atoms with Crippen molar-refractivity contribution < 1.29 is 14.7 Å². The minimum Gasteiger partial charge on any atom is -0.508 e. The number of amides is 2. The highest BCUT2D eigenvalue weighted by Crippen LogP contribution is 2.62. The average molecular weight is 400 g/mol. The molecule has 0 aliphatic heterocycles. The van der Waals surface area contributed by atoms with Crippen LogP contribution in [0.4, 0.5) is 4.79 Å². The molecule has 158 valence electrons. The summed E-state index contributed by atoms with van der Waals surface area (Å²) in [5.41, 5.74) is 4.60. The van der Waals surface area contributed by atoms with Gasteiger partial charge in [-0.25, -0.2) is 10.6 Å². The number of carbonyl (C=O) groups excluding carboxylic acids is 2. The number of nitrogens with two attached hydrogens (primary N) is 1. The lowest BCUT2D eigenvalue weighted by Gasteiger charge is -2.50. The van der Waals surface area contributed by atoms with E-state index in [9.17, 15) is 14.7 Å². The second-order valence-electron chi connectivity index (χ2n) is 9.46. The van der Waals surface area contributed by atoms with E-state index >= 15 is 0 Å².